The molecule has 380 valence electrons. The molecular weight excluding hydrogens is 832 g/mol. The minimum Gasteiger partial charge on any atom is -0.456 e. The van der Waals surface area contributed by atoms with Gasteiger partial charge in [-0.25, -0.2) is 4.57 Å². The molecule has 10 heteroatoms. The fraction of sp³-hybridized carbons (Fsp3) is 0.818. The van der Waals surface area contributed by atoms with Crippen molar-refractivity contribution in [3.63, 3.8) is 0 Å². The highest BCUT2D eigenvalue weighted by Crippen LogP contribution is 2.43. The summed E-state index contributed by atoms with van der Waals surface area (Å²) in [7, 11) is 1.48. The average Bonchev–Trinajstić information content (AvgIpc) is 3.26. The van der Waals surface area contributed by atoms with E-state index in [1.54, 1.807) is 0 Å². The van der Waals surface area contributed by atoms with Crippen LogP contribution in [0.2, 0.25) is 0 Å². The monoisotopic (exact) mass is 936 g/mol. The Kier molecular flexibility index (Phi) is 44.3. The van der Waals surface area contributed by atoms with Crippen LogP contribution in [0.1, 0.15) is 239 Å². The molecule has 2 N–H and O–H groups in total. The summed E-state index contributed by atoms with van der Waals surface area (Å²) in [6.45, 7) is 6.86. The zero-order valence-corrected chi connectivity index (χ0v) is 44.1. The van der Waals surface area contributed by atoms with Crippen LogP contribution in [0, 0.1) is 0 Å². The van der Waals surface area contributed by atoms with Crippen molar-refractivity contribution < 1.29 is 37.3 Å². The van der Waals surface area contributed by atoms with E-state index in [0.29, 0.717) is 17.4 Å². The SMILES string of the molecule is CC/C=C/C=C/C=C\CCCCCCCC(=O)OC(/C=C/CCCCCCCCCCCCC)C(COP(=O)(O)OCC[N+](C)(C)C)NC(=O)CCCCCCCCCCCCCCC. The summed E-state index contributed by atoms with van der Waals surface area (Å²) in [5.74, 6) is -0.525. The van der Waals surface area contributed by atoms with Crippen molar-refractivity contribution in [2.45, 2.75) is 251 Å². The lowest BCUT2D eigenvalue weighted by molar-refractivity contribution is -0.870. The highest BCUT2D eigenvalue weighted by Gasteiger charge is 2.30. The van der Waals surface area contributed by atoms with Crippen LogP contribution in [0.15, 0.2) is 48.6 Å². The Labute approximate surface area is 401 Å². The summed E-state index contributed by atoms with van der Waals surface area (Å²) in [6.07, 6.45) is 53.8. The molecule has 0 aromatic carbocycles. The molecule has 0 bridgehead atoms. The number of allylic oxidation sites excluding steroid dienone is 7. The number of carbonyl (C=O) groups is 2. The van der Waals surface area contributed by atoms with Crippen molar-refractivity contribution in [3.8, 4) is 0 Å². The number of hydrogen-bond donors (Lipinski definition) is 2. The van der Waals surface area contributed by atoms with Gasteiger partial charge in [0.15, 0.2) is 0 Å². The van der Waals surface area contributed by atoms with Crippen molar-refractivity contribution in [2.75, 3.05) is 40.9 Å². The number of phosphoric ester groups is 1. The van der Waals surface area contributed by atoms with Gasteiger partial charge in [-0.05, 0) is 51.0 Å². The highest BCUT2D eigenvalue weighted by molar-refractivity contribution is 7.47. The lowest BCUT2D eigenvalue weighted by Gasteiger charge is -2.27. The third-order valence-electron chi connectivity index (χ3n) is 11.8. The molecular formula is C55H104N2O7P+. The van der Waals surface area contributed by atoms with Crippen LogP contribution in [-0.4, -0.2) is 74.3 Å². The number of nitrogens with zero attached hydrogens (tertiary/aromatic N) is 1. The van der Waals surface area contributed by atoms with Gasteiger partial charge in [-0.1, -0.05) is 224 Å². The number of rotatable bonds is 48. The quantitative estimate of drug-likeness (QED) is 0.0156. The van der Waals surface area contributed by atoms with Crippen LogP contribution in [0.25, 0.3) is 0 Å². The molecule has 0 fully saturated rings. The number of phosphoric acid groups is 1. The van der Waals surface area contributed by atoms with Crippen molar-refractivity contribution in [2.24, 2.45) is 0 Å². The zero-order chi connectivity index (χ0) is 48.0. The average molecular weight is 936 g/mol. The number of unbranched alkanes of at least 4 members (excludes halogenated alkanes) is 28. The van der Waals surface area contributed by atoms with E-state index in [9.17, 15) is 19.0 Å². The van der Waals surface area contributed by atoms with Crippen molar-refractivity contribution in [1.82, 2.24) is 5.32 Å². The van der Waals surface area contributed by atoms with Gasteiger partial charge in [-0.15, -0.1) is 0 Å². The van der Waals surface area contributed by atoms with Crippen LogP contribution < -0.4 is 5.32 Å². The van der Waals surface area contributed by atoms with E-state index >= 15 is 0 Å². The van der Waals surface area contributed by atoms with Gasteiger partial charge in [0, 0.05) is 12.8 Å². The van der Waals surface area contributed by atoms with E-state index in [1.165, 1.54) is 122 Å². The normalized spacial score (nSPS) is 14.3. The van der Waals surface area contributed by atoms with E-state index in [2.05, 4.69) is 62.5 Å². The summed E-state index contributed by atoms with van der Waals surface area (Å²) >= 11 is 0. The summed E-state index contributed by atoms with van der Waals surface area (Å²) in [6, 6.07) is -0.852. The number of quaternary nitrogens is 1. The Bertz CT molecular complexity index is 1260. The summed E-state index contributed by atoms with van der Waals surface area (Å²) < 4.78 is 30.5. The largest absolute Gasteiger partial charge is 0.472 e. The first kappa shape index (κ1) is 63.0. The van der Waals surface area contributed by atoms with Gasteiger partial charge < -0.3 is 19.4 Å². The molecule has 0 spiro atoms. The third kappa shape index (κ3) is 46.9. The Morgan fingerprint density at radius 3 is 1.46 bits per heavy atom. The Balaban J connectivity index is 5.45. The Morgan fingerprint density at radius 2 is 0.985 bits per heavy atom. The molecule has 0 radical (unpaired) electrons. The van der Waals surface area contributed by atoms with E-state index < -0.39 is 20.0 Å². The molecule has 0 aromatic rings. The molecule has 65 heavy (non-hydrogen) atoms. The second-order valence-corrected chi connectivity index (χ2v) is 20.9. The van der Waals surface area contributed by atoms with E-state index in [1.807, 2.05) is 33.3 Å². The predicted molar refractivity (Wildman–Crippen MR) is 277 cm³/mol. The van der Waals surface area contributed by atoms with E-state index in [4.69, 9.17) is 13.8 Å². The van der Waals surface area contributed by atoms with Gasteiger partial charge in [0.2, 0.25) is 5.91 Å². The zero-order valence-electron chi connectivity index (χ0n) is 43.2. The van der Waals surface area contributed by atoms with Crippen LogP contribution in [0.4, 0.5) is 0 Å². The maximum Gasteiger partial charge on any atom is 0.472 e. The molecule has 1 amide bonds. The molecule has 0 aromatic heterocycles. The van der Waals surface area contributed by atoms with Crippen LogP contribution in [0.5, 0.6) is 0 Å². The first-order valence-electron chi connectivity index (χ1n) is 27.0. The molecule has 0 aliphatic carbocycles. The second kappa shape index (κ2) is 45.7. The molecule has 0 saturated heterocycles. The number of hydrogen-bond acceptors (Lipinski definition) is 6. The Hall–Kier alpha value is -2.03. The van der Waals surface area contributed by atoms with Crippen molar-refractivity contribution in [3.05, 3.63) is 48.6 Å². The molecule has 0 rings (SSSR count). The van der Waals surface area contributed by atoms with Gasteiger partial charge in [0.25, 0.3) is 0 Å². The fourth-order valence-corrected chi connectivity index (χ4v) is 8.38. The summed E-state index contributed by atoms with van der Waals surface area (Å²) in [4.78, 5) is 37.4. The van der Waals surface area contributed by atoms with Crippen molar-refractivity contribution >= 4 is 19.7 Å². The smallest absolute Gasteiger partial charge is 0.456 e. The number of carbonyl (C=O) groups excluding carboxylic acids is 2. The lowest BCUT2D eigenvalue weighted by atomic mass is 10.0. The number of ether oxygens (including phenoxy) is 1. The van der Waals surface area contributed by atoms with Gasteiger partial charge in [0.05, 0.1) is 33.8 Å². The number of amides is 1. The molecule has 0 saturated carbocycles. The lowest BCUT2D eigenvalue weighted by Crippen LogP contribution is -2.47. The predicted octanol–water partition coefficient (Wildman–Crippen LogP) is 15.8. The van der Waals surface area contributed by atoms with E-state index in [-0.39, 0.29) is 31.5 Å². The number of esters is 1. The summed E-state index contributed by atoms with van der Waals surface area (Å²) in [5, 5.41) is 3.04. The second-order valence-electron chi connectivity index (χ2n) is 19.4. The van der Waals surface area contributed by atoms with E-state index in [0.717, 1.165) is 83.5 Å². The minimum absolute atomic E-state index is 0.0373. The highest BCUT2D eigenvalue weighted by atomic mass is 31.2. The van der Waals surface area contributed by atoms with Gasteiger partial charge in [-0.2, -0.15) is 0 Å². The minimum atomic E-state index is -4.44. The molecule has 3 atom stereocenters. The standard InChI is InChI=1S/C55H103N2O7P/c1-7-10-13-16-19-22-25-28-31-34-37-40-43-46-53(64-55(59)48-45-42-39-36-33-30-27-24-21-18-15-12-9-3)52(51-63-65(60,61)62-50-49-57(4,5)6)56-54(58)47-44-41-38-35-32-29-26-23-20-17-14-11-8-2/h12,15,18,21,24,27,43,46,52-53H,7-11,13-14,16-17,19-20,22-23,25-26,28-42,44-45,47-51H2,1-6H3,(H-,56,58,60,61)/p+1/b15-12+,21-18+,27-24-,46-43+. The van der Waals surface area contributed by atoms with Gasteiger partial charge in [0.1, 0.15) is 19.3 Å². The van der Waals surface area contributed by atoms with Gasteiger partial charge >= 0.3 is 13.8 Å². The fourth-order valence-electron chi connectivity index (χ4n) is 7.65. The number of likely N-dealkylation sites (N-methyl/N-ethyl adjacent to an activating group) is 1. The van der Waals surface area contributed by atoms with Gasteiger partial charge in [-0.3, -0.25) is 18.6 Å². The Morgan fingerprint density at radius 1 is 0.554 bits per heavy atom. The molecule has 9 nitrogen and oxygen atoms in total. The third-order valence-corrected chi connectivity index (χ3v) is 12.8. The first-order valence-corrected chi connectivity index (χ1v) is 28.5. The maximum absolute atomic E-state index is 13.4. The molecule has 3 unspecified atom stereocenters. The summed E-state index contributed by atoms with van der Waals surface area (Å²) in [5.41, 5.74) is 0. The van der Waals surface area contributed by atoms with Crippen LogP contribution in [-0.2, 0) is 27.9 Å². The van der Waals surface area contributed by atoms with Crippen molar-refractivity contribution in [1.29, 1.82) is 0 Å². The maximum atomic E-state index is 13.4. The van der Waals surface area contributed by atoms with Crippen LogP contribution in [0.3, 0.4) is 0 Å². The molecule has 0 aliphatic rings. The topological polar surface area (TPSA) is 111 Å². The molecule has 0 heterocycles. The molecule has 0 aliphatic heterocycles. The first-order chi connectivity index (χ1) is 31.4. The van der Waals surface area contributed by atoms with Crippen LogP contribution >= 0.6 is 7.82 Å². The number of nitrogens with one attached hydrogen (secondary N) is 1.